The number of carbonyl (C=O) groups is 3. The number of carbonyl (C=O) groups excluding carboxylic acids is 3. The second-order valence-electron chi connectivity index (χ2n) is 5.05. The van der Waals surface area contributed by atoms with E-state index in [1.165, 1.54) is 0 Å². The van der Waals surface area contributed by atoms with Crippen molar-refractivity contribution in [1.82, 2.24) is 25.8 Å². The number of ether oxygens (including phenoxy) is 1. The van der Waals surface area contributed by atoms with Crippen molar-refractivity contribution < 1.29 is 23.7 Å². The summed E-state index contributed by atoms with van der Waals surface area (Å²) in [7, 11) is 0. The van der Waals surface area contributed by atoms with Gasteiger partial charge in [0.15, 0.2) is 0 Å². The largest absolute Gasteiger partial charge is 0.472 e. The Hall–Kier alpha value is -2.65. The van der Waals surface area contributed by atoms with Gasteiger partial charge in [0.1, 0.15) is 18.3 Å². The Kier molecular flexibility index (Phi) is 5.50. The highest BCUT2D eigenvalue weighted by Crippen LogP contribution is 2.10. The average Bonchev–Trinajstić information content (AvgIpc) is 3.03. The molecule has 23 heavy (non-hydrogen) atoms. The van der Waals surface area contributed by atoms with Crippen molar-refractivity contribution in [2.24, 2.45) is 0 Å². The first-order valence-corrected chi connectivity index (χ1v) is 7.33. The van der Waals surface area contributed by atoms with E-state index in [0.29, 0.717) is 18.7 Å². The van der Waals surface area contributed by atoms with Gasteiger partial charge in [-0.25, -0.2) is 9.42 Å². The van der Waals surface area contributed by atoms with Gasteiger partial charge in [0.2, 0.25) is 5.91 Å². The summed E-state index contributed by atoms with van der Waals surface area (Å²) in [6, 6.07) is -1.26. The molecule has 0 aliphatic carbocycles. The summed E-state index contributed by atoms with van der Waals surface area (Å²) >= 11 is 0. The van der Waals surface area contributed by atoms with Crippen molar-refractivity contribution in [3.63, 3.8) is 0 Å². The SMILES string of the molecule is CCCN1C(=O)N[C@H](CC(=O)NCCOc2nonc2C)C1=O. The fourth-order valence-corrected chi connectivity index (χ4v) is 2.10. The number of aryl methyl sites for hydroxylation is 1. The van der Waals surface area contributed by atoms with Gasteiger partial charge < -0.3 is 15.4 Å². The normalized spacial score (nSPS) is 17.3. The number of imide groups is 1. The van der Waals surface area contributed by atoms with E-state index in [9.17, 15) is 14.4 Å². The minimum absolute atomic E-state index is 0.102. The standard InChI is InChI=1S/C13H19N5O5/c1-3-5-18-12(20)9(15-13(18)21)7-10(19)14-4-6-22-11-8(2)16-23-17-11/h9H,3-7H2,1-2H3,(H,14,19)(H,15,21)/t9-/m1/s1. The third kappa shape index (κ3) is 4.18. The predicted octanol–water partition coefficient (Wildman–Crippen LogP) is -0.406. The smallest absolute Gasteiger partial charge is 0.324 e. The van der Waals surface area contributed by atoms with Gasteiger partial charge in [0, 0.05) is 6.54 Å². The Morgan fingerprint density at radius 3 is 2.87 bits per heavy atom. The molecule has 1 aliphatic rings. The van der Waals surface area contributed by atoms with Crippen molar-refractivity contribution in [3.8, 4) is 5.88 Å². The quantitative estimate of drug-likeness (QED) is 0.491. The highest BCUT2D eigenvalue weighted by atomic mass is 16.6. The number of amides is 4. The Morgan fingerprint density at radius 2 is 2.22 bits per heavy atom. The maximum absolute atomic E-state index is 12.0. The molecular formula is C13H19N5O5. The molecule has 1 saturated heterocycles. The third-order valence-corrected chi connectivity index (χ3v) is 3.22. The summed E-state index contributed by atoms with van der Waals surface area (Å²) in [6.07, 6.45) is 0.571. The second-order valence-corrected chi connectivity index (χ2v) is 5.05. The first-order valence-electron chi connectivity index (χ1n) is 7.33. The lowest BCUT2D eigenvalue weighted by Gasteiger charge is -2.11. The molecule has 1 atom stereocenters. The number of nitrogens with zero attached hydrogens (tertiary/aromatic N) is 3. The summed E-state index contributed by atoms with van der Waals surface area (Å²) in [5.74, 6) is -0.444. The molecule has 0 radical (unpaired) electrons. The molecule has 10 heteroatoms. The summed E-state index contributed by atoms with van der Waals surface area (Å²) in [6.45, 7) is 4.32. The molecule has 0 aromatic carbocycles. The summed E-state index contributed by atoms with van der Waals surface area (Å²) in [5.41, 5.74) is 0.520. The number of hydrogen-bond acceptors (Lipinski definition) is 7. The van der Waals surface area contributed by atoms with E-state index in [0.717, 1.165) is 4.90 Å². The van der Waals surface area contributed by atoms with Crippen molar-refractivity contribution >= 4 is 17.8 Å². The predicted molar refractivity (Wildman–Crippen MR) is 76.5 cm³/mol. The lowest BCUT2D eigenvalue weighted by molar-refractivity contribution is -0.130. The van der Waals surface area contributed by atoms with Gasteiger partial charge in [-0.1, -0.05) is 12.1 Å². The Labute approximate surface area is 132 Å². The fourth-order valence-electron chi connectivity index (χ4n) is 2.10. The number of nitrogens with one attached hydrogen (secondary N) is 2. The van der Waals surface area contributed by atoms with Crippen LogP contribution in [0.5, 0.6) is 5.88 Å². The molecule has 1 fully saturated rings. The van der Waals surface area contributed by atoms with E-state index in [1.807, 2.05) is 6.92 Å². The van der Waals surface area contributed by atoms with Gasteiger partial charge in [-0.15, -0.1) is 0 Å². The average molecular weight is 325 g/mol. The maximum Gasteiger partial charge on any atom is 0.324 e. The van der Waals surface area contributed by atoms with Crippen LogP contribution in [0.3, 0.4) is 0 Å². The van der Waals surface area contributed by atoms with Crippen LogP contribution in [0.15, 0.2) is 4.63 Å². The molecule has 10 nitrogen and oxygen atoms in total. The molecule has 1 aromatic rings. The molecule has 2 N–H and O–H groups in total. The lowest BCUT2D eigenvalue weighted by atomic mass is 10.2. The van der Waals surface area contributed by atoms with E-state index in [2.05, 4.69) is 25.6 Å². The van der Waals surface area contributed by atoms with Crippen LogP contribution in [-0.4, -0.2) is 58.8 Å². The first kappa shape index (κ1) is 16.7. The molecule has 126 valence electrons. The molecule has 0 saturated carbocycles. The number of rotatable bonds is 8. The second kappa shape index (κ2) is 7.56. The van der Waals surface area contributed by atoms with Gasteiger partial charge in [-0.2, -0.15) is 0 Å². The van der Waals surface area contributed by atoms with Crippen LogP contribution in [0.25, 0.3) is 0 Å². The highest BCUT2D eigenvalue weighted by molar-refractivity contribution is 6.05. The number of urea groups is 1. The Bertz CT molecular complexity index is 587. The summed E-state index contributed by atoms with van der Waals surface area (Å²) < 4.78 is 9.73. The van der Waals surface area contributed by atoms with Gasteiger partial charge in [0.25, 0.3) is 11.8 Å². The molecule has 1 aromatic heterocycles. The summed E-state index contributed by atoms with van der Waals surface area (Å²) in [4.78, 5) is 36.5. The molecule has 0 unspecified atom stereocenters. The van der Waals surface area contributed by atoms with Crippen LogP contribution in [-0.2, 0) is 9.59 Å². The zero-order valence-corrected chi connectivity index (χ0v) is 13.0. The van der Waals surface area contributed by atoms with E-state index >= 15 is 0 Å². The van der Waals surface area contributed by atoms with Gasteiger partial charge in [-0.3, -0.25) is 14.5 Å². The Balaban J connectivity index is 1.70. The maximum atomic E-state index is 12.0. The van der Waals surface area contributed by atoms with E-state index in [1.54, 1.807) is 6.92 Å². The van der Waals surface area contributed by atoms with Crippen LogP contribution in [0.2, 0.25) is 0 Å². The molecular weight excluding hydrogens is 306 g/mol. The zero-order valence-electron chi connectivity index (χ0n) is 13.0. The van der Waals surface area contributed by atoms with Crippen LogP contribution in [0.4, 0.5) is 4.79 Å². The first-order chi connectivity index (χ1) is 11.0. The molecule has 1 aliphatic heterocycles. The van der Waals surface area contributed by atoms with E-state index < -0.39 is 12.1 Å². The van der Waals surface area contributed by atoms with E-state index in [-0.39, 0.29) is 37.3 Å². The monoisotopic (exact) mass is 325 g/mol. The molecule has 4 amide bonds. The topological polar surface area (TPSA) is 127 Å². The van der Waals surface area contributed by atoms with Gasteiger partial charge in [-0.05, 0) is 18.5 Å². The zero-order chi connectivity index (χ0) is 16.8. The van der Waals surface area contributed by atoms with Gasteiger partial charge >= 0.3 is 6.03 Å². The van der Waals surface area contributed by atoms with Crippen LogP contribution >= 0.6 is 0 Å². The molecule has 0 spiro atoms. The fraction of sp³-hybridized carbons (Fsp3) is 0.615. The van der Waals surface area contributed by atoms with E-state index in [4.69, 9.17) is 4.74 Å². The summed E-state index contributed by atoms with van der Waals surface area (Å²) in [5, 5.41) is 12.2. The van der Waals surface area contributed by atoms with Crippen molar-refractivity contribution in [1.29, 1.82) is 0 Å². The van der Waals surface area contributed by atoms with Crippen LogP contribution < -0.4 is 15.4 Å². The minimum Gasteiger partial charge on any atom is -0.472 e. The van der Waals surface area contributed by atoms with Crippen LogP contribution in [0.1, 0.15) is 25.5 Å². The highest BCUT2D eigenvalue weighted by Gasteiger charge is 2.38. The van der Waals surface area contributed by atoms with Crippen LogP contribution in [0, 0.1) is 6.92 Å². The Morgan fingerprint density at radius 1 is 1.43 bits per heavy atom. The number of hydrogen-bond donors (Lipinski definition) is 2. The van der Waals surface area contributed by atoms with Gasteiger partial charge in [0.05, 0.1) is 13.0 Å². The van der Waals surface area contributed by atoms with Crippen molar-refractivity contribution in [3.05, 3.63) is 5.69 Å². The molecule has 2 rings (SSSR count). The van der Waals surface area contributed by atoms with Crippen molar-refractivity contribution in [2.45, 2.75) is 32.7 Å². The molecule has 0 bridgehead atoms. The van der Waals surface area contributed by atoms with Crippen molar-refractivity contribution in [2.75, 3.05) is 19.7 Å². The number of aromatic nitrogens is 2. The third-order valence-electron chi connectivity index (χ3n) is 3.22. The lowest BCUT2D eigenvalue weighted by Crippen LogP contribution is -2.37. The molecule has 2 heterocycles. The minimum atomic E-state index is -0.808.